The average Bonchev–Trinajstić information content (AvgIpc) is 3.15. The molecule has 0 unspecified atom stereocenters. The van der Waals surface area contributed by atoms with E-state index in [9.17, 15) is 0 Å². The fourth-order valence-electron chi connectivity index (χ4n) is 3.63. The SMILES string of the molecule is COc1cccc(C2=CCN(CCSCc3c[nH]c4ccccc34)CC2)c1. The summed E-state index contributed by atoms with van der Waals surface area (Å²) in [6.07, 6.45) is 5.64. The molecule has 1 aliphatic rings. The monoisotopic (exact) mass is 378 g/mol. The molecule has 3 aromatic rings. The maximum Gasteiger partial charge on any atom is 0.119 e. The third-order valence-corrected chi connectivity index (χ3v) is 6.20. The number of methoxy groups -OCH3 is 1. The summed E-state index contributed by atoms with van der Waals surface area (Å²) in [7, 11) is 1.73. The zero-order valence-corrected chi connectivity index (χ0v) is 16.6. The van der Waals surface area contributed by atoms with Gasteiger partial charge in [-0.3, -0.25) is 4.90 Å². The van der Waals surface area contributed by atoms with Crippen molar-refractivity contribution in [2.24, 2.45) is 0 Å². The lowest BCUT2D eigenvalue weighted by molar-refractivity contribution is 0.321. The molecule has 0 spiro atoms. The number of aromatic nitrogens is 1. The number of thioether (sulfide) groups is 1. The molecule has 4 rings (SSSR count). The van der Waals surface area contributed by atoms with Crippen LogP contribution in [-0.4, -0.2) is 42.4 Å². The van der Waals surface area contributed by atoms with Gasteiger partial charge in [0, 0.05) is 48.2 Å². The highest BCUT2D eigenvalue weighted by Crippen LogP contribution is 2.26. The molecule has 0 aliphatic carbocycles. The highest BCUT2D eigenvalue weighted by atomic mass is 32.2. The van der Waals surface area contributed by atoms with Crippen LogP contribution in [0.5, 0.6) is 5.75 Å². The Balaban J connectivity index is 1.25. The molecule has 1 aliphatic heterocycles. The number of aromatic amines is 1. The largest absolute Gasteiger partial charge is 0.497 e. The predicted molar refractivity (Wildman–Crippen MR) is 116 cm³/mol. The van der Waals surface area contributed by atoms with Crippen molar-refractivity contribution in [1.82, 2.24) is 9.88 Å². The Morgan fingerprint density at radius 2 is 2.07 bits per heavy atom. The van der Waals surface area contributed by atoms with E-state index in [1.807, 2.05) is 17.8 Å². The molecule has 3 nitrogen and oxygen atoms in total. The number of nitrogens with zero attached hydrogens (tertiary/aromatic N) is 1. The first-order valence-electron chi connectivity index (χ1n) is 9.52. The van der Waals surface area contributed by atoms with Crippen LogP contribution in [-0.2, 0) is 5.75 Å². The summed E-state index contributed by atoms with van der Waals surface area (Å²) in [6, 6.07) is 16.9. The fourth-order valence-corrected chi connectivity index (χ4v) is 4.62. The molecule has 140 valence electrons. The van der Waals surface area contributed by atoms with Crippen LogP contribution in [0.25, 0.3) is 16.5 Å². The topological polar surface area (TPSA) is 28.3 Å². The maximum absolute atomic E-state index is 5.35. The third-order valence-electron chi connectivity index (χ3n) is 5.22. The minimum Gasteiger partial charge on any atom is -0.497 e. The second kappa shape index (κ2) is 8.68. The van der Waals surface area contributed by atoms with Crippen LogP contribution in [0.1, 0.15) is 17.5 Å². The van der Waals surface area contributed by atoms with E-state index in [1.165, 1.54) is 33.4 Å². The van der Waals surface area contributed by atoms with Gasteiger partial charge >= 0.3 is 0 Å². The molecule has 2 aromatic carbocycles. The Morgan fingerprint density at radius 3 is 2.93 bits per heavy atom. The van der Waals surface area contributed by atoms with Crippen LogP contribution in [0, 0.1) is 0 Å². The number of hydrogen-bond acceptors (Lipinski definition) is 3. The first-order valence-corrected chi connectivity index (χ1v) is 10.7. The predicted octanol–water partition coefficient (Wildman–Crippen LogP) is 5.20. The normalized spacial score (nSPS) is 15.1. The Labute approximate surface area is 165 Å². The molecule has 2 heterocycles. The fraction of sp³-hybridized carbons (Fsp3) is 0.304. The summed E-state index contributed by atoms with van der Waals surface area (Å²) in [5.74, 6) is 3.18. The Bertz CT molecular complexity index is 931. The zero-order valence-electron chi connectivity index (χ0n) is 15.8. The van der Waals surface area contributed by atoms with Crippen LogP contribution in [0.3, 0.4) is 0 Å². The van der Waals surface area contributed by atoms with Crippen LogP contribution in [0.4, 0.5) is 0 Å². The van der Waals surface area contributed by atoms with Gasteiger partial charge in [-0.25, -0.2) is 0 Å². The molecule has 27 heavy (non-hydrogen) atoms. The van der Waals surface area contributed by atoms with E-state index < -0.39 is 0 Å². The van der Waals surface area contributed by atoms with Gasteiger partial charge in [0.2, 0.25) is 0 Å². The lowest BCUT2D eigenvalue weighted by Gasteiger charge is -2.26. The van der Waals surface area contributed by atoms with Gasteiger partial charge in [-0.15, -0.1) is 0 Å². The second-order valence-electron chi connectivity index (χ2n) is 6.92. The first-order chi connectivity index (χ1) is 13.3. The Hall–Kier alpha value is -2.17. The number of para-hydroxylation sites is 1. The smallest absolute Gasteiger partial charge is 0.119 e. The third kappa shape index (κ3) is 4.40. The lowest BCUT2D eigenvalue weighted by atomic mass is 9.99. The van der Waals surface area contributed by atoms with Crippen molar-refractivity contribution in [3.05, 3.63) is 71.9 Å². The molecule has 0 radical (unpaired) electrons. The molecule has 0 bridgehead atoms. The molecule has 1 N–H and O–H groups in total. The van der Waals surface area contributed by atoms with E-state index in [2.05, 4.69) is 64.6 Å². The van der Waals surface area contributed by atoms with E-state index in [1.54, 1.807) is 7.11 Å². The van der Waals surface area contributed by atoms with Crippen molar-refractivity contribution in [2.75, 3.05) is 32.5 Å². The number of hydrogen-bond donors (Lipinski definition) is 1. The minimum absolute atomic E-state index is 0.935. The molecule has 0 amide bonds. The summed E-state index contributed by atoms with van der Waals surface area (Å²) in [4.78, 5) is 5.91. The molecule has 4 heteroatoms. The summed E-state index contributed by atoms with van der Waals surface area (Å²) >= 11 is 2.02. The summed E-state index contributed by atoms with van der Waals surface area (Å²) in [5.41, 5.74) is 5.38. The van der Waals surface area contributed by atoms with Gasteiger partial charge in [-0.2, -0.15) is 11.8 Å². The number of fused-ring (bicyclic) bond motifs is 1. The second-order valence-corrected chi connectivity index (χ2v) is 8.03. The van der Waals surface area contributed by atoms with Gasteiger partial charge in [-0.1, -0.05) is 36.4 Å². The minimum atomic E-state index is 0.935. The number of nitrogens with one attached hydrogen (secondary N) is 1. The average molecular weight is 379 g/mol. The van der Waals surface area contributed by atoms with Crippen molar-refractivity contribution in [3.8, 4) is 5.75 Å². The molecule has 0 atom stereocenters. The van der Waals surface area contributed by atoms with Gasteiger partial charge in [0.25, 0.3) is 0 Å². The van der Waals surface area contributed by atoms with Crippen molar-refractivity contribution < 1.29 is 4.74 Å². The Kier molecular flexibility index (Phi) is 5.85. The molecule has 0 saturated carbocycles. The van der Waals surface area contributed by atoms with Gasteiger partial charge in [-0.05, 0) is 41.3 Å². The van der Waals surface area contributed by atoms with Gasteiger partial charge in [0.1, 0.15) is 5.75 Å². The van der Waals surface area contributed by atoms with Crippen LogP contribution < -0.4 is 4.74 Å². The molecule has 0 saturated heterocycles. The van der Waals surface area contributed by atoms with Crippen molar-refractivity contribution in [1.29, 1.82) is 0 Å². The van der Waals surface area contributed by atoms with E-state index in [4.69, 9.17) is 4.74 Å². The lowest BCUT2D eigenvalue weighted by Crippen LogP contribution is -2.30. The standard InChI is InChI=1S/C23H26N2OS/c1-26-21-6-4-5-19(15-21)18-9-11-25(12-10-18)13-14-27-17-20-16-24-23-8-3-2-7-22(20)23/h2-9,15-16,24H,10-14,17H2,1H3. The van der Waals surface area contributed by atoms with Gasteiger partial charge < -0.3 is 9.72 Å². The first kappa shape index (κ1) is 18.2. The number of benzene rings is 2. The van der Waals surface area contributed by atoms with Crippen LogP contribution >= 0.6 is 11.8 Å². The number of rotatable bonds is 7. The van der Waals surface area contributed by atoms with Gasteiger partial charge in [0.05, 0.1) is 7.11 Å². The van der Waals surface area contributed by atoms with Gasteiger partial charge in [0.15, 0.2) is 0 Å². The van der Waals surface area contributed by atoms with Crippen molar-refractivity contribution in [3.63, 3.8) is 0 Å². The Morgan fingerprint density at radius 1 is 1.15 bits per heavy atom. The van der Waals surface area contributed by atoms with Crippen LogP contribution in [0.15, 0.2) is 60.8 Å². The zero-order chi connectivity index (χ0) is 18.5. The molecular formula is C23H26N2OS. The quantitative estimate of drug-likeness (QED) is 0.573. The molecular weight excluding hydrogens is 352 g/mol. The highest BCUT2D eigenvalue weighted by Gasteiger charge is 2.13. The highest BCUT2D eigenvalue weighted by molar-refractivity contribution is 7.98. The van der Waals surface area contributed by atoms with E-state index in [-0.39, 0.29) is 0 Å². The summed E-state index contributed by atoms with van der Waals surface area (Å²) in [5, 5.41) is 1.36. The maximum atomic E-state index is 5.35. The number of ether oxygens (including phenoxy) is 1. The summed E-state index contributed by atoms with van der Waals surface area (Å²) < 4.78 is 5.35. The molecule has 0 fully saturated rings. The van der Waals surface area contributed by atoms with E-state index >= 15 is 0 Å². The number of H-pyrrole nitrogens is 1. The van der Waals surface area contributed by atoms with E-state index in [0.29, 0.717) is 0 Å². The summed E-state index contributed by atoms with van der Waals surface area (Å²) in [6.45, 7) is 3.33. The van der Waals surface area contributed by atoms with Crippen LogP contribution in [0.2, 0.25) is 0 Å². The molecule has 1 aromatic heterocycles. The van der Waals surface area contributed by atoms with E-state index in [0.717, 1.165) is 37.6 Å². The van der Waals surface area contributed by atoms with Crippen molar-refractivity contribution >= 4 is 28.2 Å². The van der Waals surface area contributed by atoms with Crippen molar-refractivity contribution in [2.45, 2.75) is 12.2 Å².